The number of hydrazine groups is 1. The average Bonchev–Trinajstić information content (AvgIpc) is 2.90. The molecule has 0 saturated carbocycles. The van der Waals surface area contributed by atoms with Crippen LogP contribution >= 0.6 is 0 Å². The van der Waals surface area contributed by atoms with Crippen LogP contribution in [0.15, 0.2) is 47.1 Å². The molecule has 5 nitrogen and oxygen atoms in total. The zero-order valence-electron chi connectivity index (χ0n) is 9.27. The Morgan fingerprint density at radius 2 is 2.00 bits per heavy atom. The number of amides is 1. The number of anilines is 1. The molecule has 0 radical (unpaired) electrons. The summed E-state index contributed by atoms with van der Waals surface area (Å²) in [6.07, 6.45) is 1.45. The van der Waals surface area contributed by atoms with Gasteiger partial charge in [0.05, 0.1) is 19.1 Å². The van der Waals surface area contributed by atoms with E-state index in [0.29, 0.717) is 0 Å². The second kappa shape index (κ2) is 5.07. The summed E-state index contributed by atoms with van der Waals surface area (Å²) in [5.74, 6) is 0.685. The number of nitrogens with one attached hydrogen (secondary N) is 2. The molecule has 0 aliphatic rings. The molecule has 5 heteroatoms. The van der Waals surface area contributed by atoms with E-state index in [1.165, 1.54) is 6.26 Å². The summed E-state index contributed by atoms with van der Waals surface area (Å²) in [4.78, 5) is 11.5. The zero-order valence-corrected chi connectivity index (χ0v) is 9.27. The van der Waals surface area contributed by atoms with Gasteiger partial charge < -0.3 is 9.15 Å². The maximum Gasteiger partial charge on any atom is 0.305 e. The third kappa shape index (κ3) is 2.78. The van der Waals surface area contributed by atoms with E-state index in [9.17, 15) is 4.79 Å². The molecule has 2 rings (SSSR count). The van der Waals surface area contributed by atoms with Crippen LogP contribution in [-0.2, 0) is 0 Å². The first-order valence-electron chi connectivity index (χ1n) is 5.03. The molecule has 0 bridgehead atoms. The van der Waals surface area contributed by atoms with Crippen molar-refractivity contribution >= 4 is 11.6 Å². The molecule has 0 unspecified atom stereocenters. The normalized spacial score (nSPS) is 9.71. The van der Waals surface area contributed by atoms with Crippen LogP contribution in [0.25, 0.3) is 0 Å². The predicted molar refractivity (Wildman–Crippen MR) is 62.8 cm³/mol. The Bertz CT molecular complexity index is 477. The van der Waals surface area contributed by atoms with Crippen LogP contribution in [-0.4, -0.2) is 13.0 Å². The van der Waals surface area contributed by atoms with Gasteiger partial charge in [-0.05, 0) is 36.4 Å². The summed E-state index contributed by atoms with van der Waals surface area (Å²) in [6.45, 7) is 0. The van der Waals surface area contributed by atoms with Crippen molar-refractivity contribution in [2.45, 2.75) is 0 Å². The first kappa shape index (κ1) is 11.1. The molecule has 88 valence electrons. The average molecular weight is 232 g/mol. The van der Waals surface area contributed by atoms with Crippen LogP contribution in [0, 0.1) is 0 Å². The highest BCUT2D eigenvalue weighted by Gasteiger charge is 2.06. The topological polar surface area (TPSA) is 63.5 Å². The smallest absolute Gasteiger partial charge is 0.305 e. The lowest BCUT2D eigenvalue weighted by Crippen LogP contribution is -2.28. The van der Waals surface area contributed by atoms with Gasteiger partial charge >= 0.3 is 5.91 Å². The Morgan fingerprint density at radius 1 is 1.24 bits per heavy atom. The van der Waals surface area contributed by atoms with Crippen LogP contribution in [0.2, 0.25) is 0 Å². The summed E-state index contributed by atoms with van der Waals surface area (Å²) >= 11 is 0. The minimum absolute atomic E-state index is 0.256. The minimum atomic E-state index is -0.328. The van der Waals surface area contributed by atoms with E-state index < -0.39 is 0 Å². The molecule has 1 heterocycles. The van der Waals surface area contributed by atoms with Crippen LogP contribution in [0.4, 0.5) is 5.69 Å². The molecule has 0 saturated heterocycles. The van der Waals surface area contributed by atoms with Crippen molar-refractivity contribution in [1.82, 2.24) is 5.43 Å². The van der Waals surface area contributed by atoms with E-state index in [-0.39, 0.29) is 11.7 Å². The number of furan rings is 1. The standard InChI is InChI=1S/C12H12N2O3/c1-16-10-6-4-9(5-7-10)13-14-12(15)11-3-2-8-17-11/h2-8,13H,1H3,(H,14,15). The van der Waals surface area contributed by atoms with Crippen LogP contribution in [0.3, 0.4) is 0 Å². The van der Waals surface area contributed by atoms with E-state index >= 15 is 0 Å². The van der Waals surface area contributed by atoms with Gasteiger partial charge in [0, 0.05) is 0 Å². The van der Waals surface area contributed by atoms with E-state index in [4.69, 9.17) is 9.15 Å². The fraction of sp³-hybridized carbons (Fsp3) is 0.0833. The molecular weight excluding hydrogens is 220 g/mol. The van der Waals surface area contributed by atoms with E-state index in [1.54, 1.807) is 43.5 Å². The number of carbonyl (C=O) groups excluding carboxylic acids is 1. The van der Waals surface area contributed by atoms with Gasteiger partial charge in [-0.2, -0.15) is 0 Å². The SMILES string of the molecule is COc1ccc(NNC(=O)c2ccco2)cc1. The Morgan fingerprint density at radius 3 is 2.59 bits per heavy atom. The molecule has 17 heavy (non-hydrogen) atoms. The first-order valence-corrected chi connectivity index (χ1v) is 5.03. The van der Waals surface area contributed by atoms with Gasteiger partial charge in [0.1, 0.15) is 5.75 Å². The fourth-order valence-corrected chi connectivity index (χ4v) is 1.27. The van der Waals surface area contributed by atoms with Gasteiger partial charge in [0.2, 0.25) is 0 Å². The summed E-state index contributed by atoms with van der Waals surface area (Å²) in [6, 6.07) is 10.4. The van der Waals surface area contributed by atoms with Crippen molar-refractivity contribution in [2.75, 3.05) is 12.5 Å². The third-order valence-corrected chi connectivity index (χ3v) is 2.16. The highest BCUT2D eigenvalue weighted by atomic mass is 16.5. The largest absolute Gasteiger partial charge is 0.497 e. The van der Waals surface area contributed by atoms with Gasteiger partial charge in [-0.15, -0.1) is 0 Å². The molecule has 0 fully saturated rings. The summed E-state index contributed by atoms with van der Waals surface area (Å²) in [5, 5.41) is 0. The van der Waals surface area contributed by atoms with Crippen molar-refractivity contribution in [3.8, 4) is 5.75 Å². The number of hydrogen-bond donors (Lipinski definition) is 2. The number of ether oxygens (including phenoxy) is 1. The maximum absolute atomic E-state index is 11.5. The van der Waals surface area contributed by atoms with E-state index in [2.05, 4.69) is 10.9 Å². The Hall–Kier alpha value is -2.43. The lowest BCUT2D eigenvalue weighted by atomic mass is 10.3. The van der Waals surface area contributed by atoms with Crippen molar-refractivity contribution in [1.29, 1.82) is 0 Å². The lowest BCUT2D eigenvalue weighted by Gasteiger charge is -2.07. The third-order valence-electron chi connectivity index (χ3n) is 2.16. The Balaban J connectivity index is 1.91. The summed E-state index contributed by atoms with van der Waals surface area (Å²) < 4.78 is 9.97. The summed E-state index contributed by atoms with van der Waals surface area (Å²) in [5.41, 5.74) is 6.04. The highest BCUT2D eigenvalue weighted by molar-refractivity contribution is 5.92. The number of methoxy groups -OCH3 is 1. The monoisotopic (exact) mass is 232 g/mol. The second-order valence-electron chi connectivity index (χ2n) is 3.28. The van der Waals surface area contributed by atoms with Crippen molar-refractivity contribution < 1.29 is 13.9 Å². The molecular formula is C12H12N2O3. The fourth-order valence-electron chi connectivity index (χ4n) is 1.27. The van der Waals surface area contributed by atoms with Crippen LogP contribution < -0.4 is 15.6 Å². The zero-order chi connectivity index (χ0) is 12.1. The molecule has 1 aromatic carbocycles. The van der Waals surface area contributed by atoms with Crippen molar-refractivity contribution in [2.24, 2.45) is 0 Å². The predicted octanol–water partition coefficient (Wildman–Crippen LogP) is 2.05. The van der Waals surface area contributed by atoms with Gasteiger partial charge in [0.25, 0.3) is 0 Å². The van der Waals surface area contributed by atoms with E-state index in [0.717, 1.165) is 11.4 Å². The first-order chi connectivity index (χ1) is 8.29. The van der Waals surface area contributed by atoms with Gasteiger partial charge in [-0.25, -0.2) is 0 Å². The molecule has 1 amide bonds. The molecule has 0 spiro atoms. The van der Waals surface area contributed by atoms with Crippen LogP contribution in [0.1, 0.15) is 10.6 Å². The lowest BCUT2D eigenvalue weighted by molar-refractivity contribution is 0.0935. The number of rotatable bonds is 4. The molecule has 2 N–H and O–H groups in total. The van der Waals surface area contributed by atoms with Crippen molar-refractivity contribution in [3.05, 3.63) is 48.4 Å². The molecule has 0 atom stereocenters. The molecule has 2 aromatic rings. The van der Waals surface area contributed by atoms with Gasteiger partial charge in [-0.3, -0.25) is 15.6 Å². The van der Waals surface area contributed by atoms with Gasteiger partial charge in [-0.1, -0.05) is 0 Å². The second-order valence-corrected chi connectivity index (χ2v) is 3.28. The van der Waals surface area contributed by atoms with Crippen LogP contribution in [0.5, 0.6) is 5.75 Å². The van der Waals surface area contributed by atoms with Crippen molar-refractivity contribution in [3.63, 3.8) is 0 Å². The number of hydrogen-bond acceptors (Lipinski definition) is 4. The molecule has 1 aromatic heterocycles. The minimum Gasteiger partial charge on any atom is -0.497 e. The Labute approximate surface area is 98.4 Å². The van der Waals surface area contributed by atoms with Gasteiger partial charge in [0.15, 0.2) is 5.76 Å². The number of benzene rings is 1. The van der Waals surface area contributed by atoms with E-state index in [1.807, 2.05) is 0 Å². The summed E-state index contributed by atoms with van der Waals surface area (Å²) in [7, 11) is 1.60. The highest BCUT2D eigenvalue weighted by Crippen LogP contribution is 2.14. The molecule has 0 aliphatic carbocycles. The Kier molecular flexibility index (Phi) is 3.30. The quantitative estimate of drug-likeness (QED) is 0.792. The molecule has 0 aliphatic heterocycles. The maximum atomic E-state index is 11.5. The number of carbonyl (C=O) groups is 1.